The monoisotopic (exact) mass is 234 g/mol. The van der Waals surface area contributed by atoms with Crippen LogP contribution in [0.15, 0.2) is 30.5 Å². The Bertz CT molecular complexity index is 563. The molecule has 0 amide bonds. The van der Waals surface area contributed by atoms with Crippen molar-refractivity contribution in [1.29, 1.82) is 0 Å². The molecule has 5 heteroatoms. The van der Waals surface area contributed by atoms with E-state index in [9.17, 15) is 9.18 Å². The fraction of sp³-hybridized carbons (Fsp3) is 0.167. The molecule has 2 aromatic rings. The van der Waals surface area contributed by atoms with Crippen LogP contribution in [-0.2, 0) is 6.54 Å². The predicted molar refractivity (Wildman–Crippen MR) is 59.4 cm³/mol. The molecule has 1 aromatic carbocycles. The van der Waals surface area contributed by atoms with E-state index in [-0.39, 0.29) is 12.1 Å². The highest BCUT2D eigenvalue weighted by atomic mass is 19.1. The summed E-state index contributed by atoms with van der Waals surface area (Å²) < 4.78 is 14.7. The molecule has 88 valence electrons. The minimum Gasteiger partial charge on any atom is -0.478 e. The molecule has 0 atom stereocenters. The lowest BCUT2D eigenvalue weighted by Gasteiger charge is -2.06. The molecule has 0 aliphatic heterocycles. The molecule has 0 spiro atoms. The lowest BCUT2D eigenvalue weighted by atomic mass is 10.1. The van der Waals surface area contributed by atoms with E-state index in [0.29, 0.717) is 5.56 Å². The first-order valence-electron chi connectivity index (χ1n) is 5.08. The van der Waals surface area contributed by atoms with Gasteiger partial charge in [-0.1, -0.05) is 0 Å². The summed E-state index contributed by atoms with van der Waals surface area (Å²) in [5, 5.41) is 13.1. The van der Waals surface area contributed by atoms with Crippen LogP contribution in [0.5, 0.6) is 0 Å². The highest BCUT2D eigenvalue weighted by Gasteiger charge is 2.11. The summed E-state index contributed by atoms with van der Waals surface area (Å²) in [6, 6.07) is 5.44. The first-order chi connectivity index (χ1) is 8.06. The minimum atomic E-state index is -1.07. The highest BCUT2D eigenvalue weighted by Crippen LogP contribution is 2.13. The molecular formula is C12H11FN2O2. The number of nitrogens with zero attached hydrogens (tertiary/aromatic N) is 2. The summed E-state index contributed by atoms with van der Waals surface area (Å²) in [5.41, 5.74) is 1.33. The lowest BCUT2D eigenvalue weighted by Crippen LogP contribution is -2.08. The number of rotatable bonds is 3. The zero-order chi connectivity index (χ0) is 12.4. The number of aryl methyl sites for hydroxylation is 1. The third kappa shape index (κ3) is 2.50. The molecule has 2 rings (SSSR count). The van der Waals surface area contributed by atoms with Crippen LogP contribution >= 0.6 is 0 Å². The van der Waals surface area contributed by atoms with E-state index in [0.717, 1.165) is 11.8 Å². The number of benzene rings is 1. The van der Waals surface area contributed by atoms with Crippen LogP contribution in [-0.4, -0.2) is 20.9 Å². The molecule has 0 aliphatic rings. The Balaban J connectivity index is 2.37. The Morgan fingerprint density at radius 2 is 2.24 bits per heavy atom. The summed E-state index contributed by atoms with van der Waals surface area (Å²) in [5.74, 6) is -1.52. The van der Waals surface area contributed by atoms with Gasteiger partial charge in [-0.05, 0) is 36.8 Å². The van der Waals surface area contributed by atoms with Gasteiger partial charge in [-0.2, -0.15) is 5.10 Å². The number of aromatic nitrogens is 2. The average Bonchev–Trinajstić information content (AvgIpc) is 2.63. The molecule has 0 saturated heterocycles. The van der Waals surface area contributed by atoms with Crippen molar-refractivity contribution in [2.75, 3.05) is 0 Å². The van der Waals surface area contributed by atoms with E-state index >= 15 is 0 Å². The highest BCUT2D eigenvalue weighted by molar-refractivity contribution is 5.89. The van der Waals surface area contributed by atoms with Crippen molar-refractivity contribution in [3.8, 4) is 0 Å². The first-order valence-corrected chi connectivity index (χ1v) is 5.08. The average molecular weight is 234 g/mol. The molecule has 0 radical (unpaired) electrons. The van der Waals surface area contributed by atoms with Crippen LogP contribution in [0.4, 0.5) is 4.39 Å². The van der Waals surface area contributed by atoms with Gasteiger partial charge >= 0.3 is 5.97 Å². The summed E-state index contributed by atoms with van der Waals surface area (Å²) in [6.45, 7) is 2.08. The Labute approximate surface area is 97.3 Å². The van der Waals surface area contributed by atoms with Gasteiger partial charge in [0.2, 0.25) is 0 Å². The molecule has 0 unspecified atom stereocenters. The second kappa shape index (κ2) is 4.37. The van der Waals surface area contributed by atoms with Gasteiger partial charge in [-0.25, -0.2) is 9.18 Å². The van der Waals surface area contributed by atoms with E-state index in [1.165, 1.54) is 12.1 Å². The Morgan fingerprint density at radius 3 is 2.82 bits per heavy atom. The van der Waals surface area contributed by atoms with Crippen LogP contribution in [0, 0.1) is 12.7 Å². The van der Waals surface area contributed by atoms with Crippen molar-refractivity contribution in [3.63, 3.8) is 0 Å². The van der Waals surface area contributed by atoms with Gasteiger partial charge in [0.25, 0.3) is 0 Å². The Hall–Kier alpha value is -2.17. The van der Waals surface area contributed by atoms with Gasteiger partial charge in [0.15, 0.2) is 0 Å². The van der Waals surface area contributed by atoms with E-state index in [1.54, 1.807) is 16.9 Å². The molecule has 1 N–H and O–H groups in total. The predicted octanol–water partition coefficient (Wildman–Crippen LogP) is 2.08. The SMILES string of the molecule is Cc1ccn(Cc2cc(F)ccc2C(=O)O)n1. The van der Waals surface area contributed by atoms with E-state index in [4.69, 9.17) is 5.11 Å². The third-order valence-corrected chi connectivity index (χ3v) is 2.40. The van der Waals surface area contributed by atoms with E-state index in [2.05, 4.69) is 5.10 Å². The maximum atomic E-state index is 13.1. The summed E-state index contributed by atoms with van der Waals surface area (Å²) in [4.78, 5) is 11.0. The van der Waals surface area contributed by atoms with Crippen molar-refractivity contribution in [1.82, 2.24) is 9.78 Å². The van der Waals surface area contributed by atoms with Crippen LogP contribution in [0.2, 0.25) is 0 Å². The van der Waals surface area contributed by atoms with Crippen molar-refractivity contribution in [2.24, 2.45) is 0 Å². The number of hydrogen-bond acceptors (Lipinski definition) is 2. The van der Waals surface area contributed by atoms with Gasteiger partial charge in [-0.15, -0.1) is 0 Å². The maximum absolute atomic E-state index is 13.1. The largest absolute Gasteiger partial charge is 0.478 e. The number of aromatic carboxylic acids is 1. The van der Waals surface area contributed by atoms with Gasteiger partial charge in [0, 0.05) is 6.20 Å². The smallest absolute Gasteiger partial charge is 0.336 e. The zero-order valence-electron chi connectivity index (χ0n) is 9.22. The molecule has 0 fully saturated rings. The van der Waals surface area contributed by atoms with Gasteiger partial charge < -0.3 is 5.11 Å². The normalized spacial score (nSPS) is 10.5. The molecular weight excluding hydrogens is 223 g/mol. The third-order valence-electron chi connectivity index (χ3n) is 2.40. The van der Waals surface area contributed by atoms with Gasteiger partial charge in [0.05, 0.1) is 17.8 Å². The van der Waals surface area contributed by atoms with Crippen molar-refractivity contribution in [3.05, 3.63) is 53.1 Å². The second-order valence-electron chi connectivity index (χ2n) is 3.76. The van der Waals surface area contributed by atoms with Crippen molar-refractivity contribution >= 4 is 5.97 Å². The first kappa shape index (κ1) is 11.3. The Kier molecular flexibility index (Phi) is 2.91. The number of carboxylic acids is 1. The molecule has 0 aliphatic carbocycles. The number of hydrogen-bond donors (Lipinski definition) is 1. The summed E-state index contributed by atoms with van der Waals surface area (Å²) >= 11 is 0. The lowest BCUT2D eigenvalue weighted by molar-refractivity contribution is 0.0695. The van der Waals surface area contributed by atoms with Crippen molar-refractivity contribution in [2.45, 2.75) is 13.5 Å². The number of carbonyl (C=O) groups is 1. The topological polar surface area (TPSA) is 55.1 Å². The minimum absolute atomic E-state index is 0.0968. The van der Waals surface area contributed by atoms with E-state index in [1.807, 2.05) is 6.92 Å². The second-order valence-corrected chi connectivity index (χ2v) is 3.76. The van der Waals surface area contributed by atoms with Crippen LogP contribution in [0.1, 0.15) is 21.6 Å². The van der Waals surface area contributed by atoms with Gasteiger partial charge in [0.1, 0.15) is 5.82 Å². The van der Waals surface area contributed by atoms with Crippen LogP contribution in [0.3, 0.4) is 0 Å². The van der Waals surface area contributed by atoms with Crippen LogP contribution < -0.4 is 0 Å². The van der Waals surface area contributed by atoms with Gasteiger partial charge in [-0.3, -0.25) is 4.68 Å². The number of halogens is 1. The van der Waals surface area contributed by atoms with E-state index < -0.39 is 11.8 Å². The molecule has 4 nitrogen and oxygen atoms in total. The summed E-state index contributed by atoms with van der Waals surface area (Å²) in [7, 11) is 0. The Morgan fingerprint density at radius 1 is 1.47 bits per heavy atom. The maximum Gasteiger partial charge on any atom is 0.336 e. The van der Waals surface area contributed by atoms with Crippen LogP contribution in [0.25, 0.3) is 0 Å². The standard InChI is InChI=1S/C12H11FN2O2/c1-8-4-5-15(14-8)7-9-6-10(13)2-3-11(9)12(16)17/h2-6H,7H2,1H3,(H,16,17). The van der Waals surface area contributed by atoms with Crippen molar-refractivity contribution < 1.29 is 14.3 Å². The fourth-order valence-corrected chi connectivity index (χ4v) is 1.63. The number of carboxylic acid groups (broad SMARTS) is 1. The molecule has 1 heterocycles. The molecule has 17 heavy (non-hydrogen) atoms. The zero-order valence-corrected chi connectivity index (χ0v) is 9.22. The molecule has 1 aromatic heterocycles. The summed E-state index contributed by atoms with van der Waals surface area (Å²) in [6.07, 6.45) is 1.73. The quantitative estimate of drug-likeness (QED) is 0.884. The molecule has 0 bridgehead atoms. The fourth-order valence-electron chi connectivity index (χ4n) is 1.63. The molecule has 0 saturated carbocycles.